The average Bonchev–Trinajstić information content (AvgIpc) is 2.40. The molecule has 0 aromatic carbocycles. The van der Waals surface area contributed by atoms with Crippen LogP contribution in [0.4, 0.5) is 17.3 Å². The summed E-state index contributed by atoms with van der Waals surface area (Å²) in [5.74, 6) is 5.32. The predicted molar refractivity (Wildman–Crippen MR) is 68.4 cm³/mol. The number of nitrogens with two attached hydrogens (primary N) is 1. The maximum Gasteiger partial charge on any atom is 0.354 e. The molecule has 19 heavy (non-hydrogen) atoms. The summed E-state index contributed by atoms with van der Waals surface area (Å²) in [4.78, 5) is 18.1. The number of aromatic nitrogens is 2. The normalized spacial score (nSPS) is 22.8. The van der Waals surface area contributed by atoms with E-state index in [1.807, 2.05) is 0 Å². The van der Waals surface area contributed by atoms with Crippen molar-refractivity contribution >= 4 is 17.3 Å². The van der Waals surface area contributed by atoms with Crippen LogP contribution in [-0.4, -0.2) is 32.1 Å². The highest BCUT2D eigenvalue weighted by Gasteiger charge is 2.26. The zero-order chi connectivity index (χ0) is 13.8. The number of rotatable bonds is 4. The number of hydrogen-bond acceptors (Lipinski definition) is 8. The molecule has 0 spiro atoms. The van der Waals surface area contributed by atoms with Crippen LogP contribution in [0.15, 0.2) is 6.33 Å². The number of anilines is 2. The Morgan fingerprint density at radius 3 is 2.53 bits per heavy atom. The van der Waals surface area contributed by atoms with Gasteiger partial charge in [-0.1, -0.05) is 0 Å². The van der Waals surface area contributed by atoms with E-state index in [4.69, 9.17) is 5.84 Å². The summed E-state index contributed by atoms with van der Waals surface area (Å²) in [6.07, 6.45) is 3.78. The quantitative estimate of drug-likeness (QED) is 0.349. The Hall–Kier alpha value is -2.00. The second-order valence-corrected chi connectivity index (χ2v) is 4.47. The van der Waals surface area contributed by atoms with Crippen LogP contribution in [0.5, 0.6) is 0 Å². The van der Waals surface area contributed by atoms with Crippen molar-refractivity contribution in [2.75, 3.05) is 10.7 Å². The highest BCUT2D eigenvalue weighted by Crippen LogP contribution is 2.30. The summed E-state index contributed by atoms with van der Waals surface area (Å²) in [5, 5.41) is 23.5. The number of nitrogens with zero attached hydrogens (tertiary/aromatic N) is 3. The molecule has 1 aromatic heterocycles. The first kappa shape index (κ1) is 13.4. The highest BCUT2D eigenvalue weighted by atomic mass is 16.6. The van der Waals surface area contributed by atoms with Gasteiger partial charge in [0.2, 0.25) is 11.6 Å². The minimum atomic E-state index is -0.574. The summed E-state index contributed by atoms with van der Waals surface area (Å²) >= 11 is 0. The van der Waals surface area contributed by atoms with Gasteiger partial charge in [0.15, 0.2) is 0 Å². The molecule has 104 valence electrons. The van der Waals surface area contributed by atoms with Gasteiger partial charge in [0, 0.05) is 6.04 Å². The number of nitro groups is 1. The van der Waals surface area contributed by atoms with E-state index in [0.717, 1.165) is 12.8 Å². The van der Waals surface area contributed by atoms with Crippen LogP contribution in [0.1, 0.15) is 25.7 Å². The molecule has 1 aliphatic rings. The minimum Gasteiger partial charge on any atom is -0.393 e. The summed E-state index contributed by atoms with van der Waals surface area (Å²) in [7, 11) is 0. The van der Waals surface area contributed by atoms with Crippen molar-refractivity contribution < 1.29 is 10.0 Å². The van der Waals surface area contributed by atoms with Crippen LogP contribution in [0.2, 0.25) is 0 Å². The van der Waals surface area contributed by atoms with Gasteiger partial charge in [-0.25, -0.2) is 15.8 Å². The van der Waals surface area contributed by atoms with Crippen molar-refractivity contribution in [2.24, 2.45) is 5.84 Å². The van der Waals surface area contributed by atoms with Gasteiger partial charge in [-0.05, 0) is 25.7 Å². The van der Waals surface area contributed by atoms with Gasteiger partial charge in [0.1, 0.15) is 6.33 Å². The fraction of sp³-hybridized carbons (Fsp3) is 0.600. The van der Waals surface area contributed by atoms with Gasteiger partial charge < -0.3 is 15.8 Å². The summed E-state index contributed by atoms with van der Waals surface area (Å²) in [6.45, 7) is 0. The van der Waals surface area contributed by atoms with Gasteiger partial charge in [0.05, 0.1) is 11.0 Å². The molecule has 0 unspecified atom stereocenters. The fourth-order valence-electron chi connectivity index (χ4n) is 2.18. The number of aliphatic hydroxyl groups excluding tert-OH is 1. The molecule has 0 atom stereocenters. The van der Waals surface area contributed by atoms with Crippen LogP contribution in [0.3, 0.4) is 0 Å². The molecule has 0 aliphatic heterocycles. The zero-order valence-corrected chi connectivity index (χ0v) is 10.2. The molecule has 2 rings (SSSR count). The number of hydrazine groups is 1. The van der Waals surface area contributed by atoms with E-state index < -0.39 is 4.92 Å². The van der Waals surface area contributed by atoms with Gasteiger partial charge in [0.25, 0.3) is 0 Å². The number of nitrogen functional groups attached to an aromatic ring is 1. The van der Waals surface area contributed by atoms with Crippen LogP contribution < -0.4 is 16.6 Å². The number of hydrogen-bond donors (Lipinski definition) is 4. The van der Waals surface area contributed by atoms with E-state index in [1.165, 1.54) is 6.33 Å². The lowest BCUT2D eigenvalue weighted by Crippen LogP contribution is -2.29. The van der Waals surface area contributed by atoms with Crippen molar-refractivity contribution in [1.29, 1.82) is 0 Å². The number of aliphatic hydroxyl groups is 1. The Balaban J connectivity index is 2.17. The standard InChI is InChI=1S/C10H16N6O3/c11-15-10-8(16(18)19)9(12-5-13-10)14-6-1-3-7(17)4-2-6/h5-7,17H,1-4,11H2,(H2,12,13,14,15). The largest absolute Gasteiger partial charge is 0.393 e. The zero-order valence-electron chi connectivity index (χ0n) is 10.2. The monoisotopic (exact) mass is 268 g/mol. The third-order valence-corrected chi connectivity index (χ3v) is 3.18. The highest BCUT2D eigenvalue weighted by molar-refractivity contribution is 5.69. The van der Waals surface area contributed by atoms with Crippen LogP contribution in [0, 0.1) is 10.1 Å². The SMILES string of the molecule is NNc1ncnc(NC2CCC(O)CC2)c1[N+](=O)[O-]. The van der Waals surface area contributed by atoms with Gasteiger partial charge >= 0.3 is 5.69 Å². The molecule has 1 fully saturated rings. The van der Waals surface area contributed by atoms with E-state index in [0.29, 0.717) is 12.8 Å². The van der Waals surface area contributed by atoms with Gasteiger partial charge in [-0.3, -0.25) is 10.1 Å². The lowest BCUT2D eigenvalue weighted by atomic mass is 9.93. The van der Waals surface area contributed by atoms with Crippen molar-refractivity contribution in [2.45, 2.75) is 37.8 Å². The Labute approximate surface area is 109 Å². The molecule has 1 heterocycles. The summed E-state index contributed by atoms with van der Waals surface area (Å²) in [6, 6.07) is 0.0580. The topological polar surface area (TPSA) is 139 Å². The second kappa shape index (κ2) is 5.76. The fourth-order valence-corrected chi connectivity index (χ4v) is 2.18. The minimum absolute atomic E-state index is 0.0293. The summed E-state index contributed by atoms with van der Waals surface area (Å²) in [5.41, 5.74) is 1.92. The Bertz CT molecular complexity index is 461. The van der Waals surface area contributed by atoms with Crippen LogP contribution >= 0.6 is 0 Å². The molecule has 9 nitrogen and oxygen atoms in total. The molecule has 5 N–H and O–H groups in total. The first-order chi connectivity index (χ1) is 9.11. The average molecular weight is 268 g/mol. The molecule has 1 aromatic rings. The second-order valence-electron chi connectivity index (χ2n) is 4.47. The smallest absolute Gasteiger partial charge is 0.354 e. The maximum atomic E-state index is 11.0. The number of nitrogens with one attached hydrogen (secondary N) is 2. The molecule has 0 saturated heterocycles. The van der Waals surface area contributed by atoms with Crippen molar-refractivity contribution in [3.05, 3.63) is 16.4 Å². The lowest BCUT2D eigenvalue weighted by molar-refractivity contribution is -0.383. The predicted octanol–water partition coefficient (Wildman–Crippen LogP) is 0.386. The van der Waals surface area contributed by atoms with Crippen LogP contribution in [0.25, 0.3) is 0 Å². The molecule has 0 amide bonds. The summed E-state index contributed by atoms with van der Waals surface area (Å²) < 4.78 is 0. The Morgan fingerprint density at radius 2 is 1.95 bits per heavy atom. The van der Waals surface area contributed by atoms with E-state index >= 15 is 0 Å². The molecule has 9 heteroatoms. The van der Waals surface area contributed by atoms with Crippen molar-refractivity contribution in [3.8, 4) is 0 Å². The Kier molecular flexibility index (Phi) is 4.07. The third-order valence-electron chi connectivity index (χ3n) is 3.18. The van der Waals surface area contributed by atoms with E-state index in [2.05, 4.69) is 20.7 Å². The molecular weight excluding hydrogens is 252 g/mol. The molecule has 1 saturated carbocycles. The van der Waals surface area contributed by atoms with Crippen molar-refractivity contribution in [1.82, 2.24) is 9.97 Å². The first-order valence-corrected chi connectivity index (χ1v) is 6.02. The Morgan fingerprint density at radius 1 is 1.32 bits per heavy atom. The molecule has 0 radical (unpaired) electrons. The van der Waals surface area contributed by atoms with Crippen LogP contribution in [-0.2, 0) is 0 Å². The third kappa shape index (κ3) is 3.06. The van der Waals surface area contributed by atoms with Gasteiger partial charge in [-0.15, -0.1) is 0 Å². The lowest BCUT2D eigenvalue weighted by Gasteiger charge is -2.26. The maximum absolute atomic E-state index is 11.0. The van der Waals surface area contributed by atoms with Crippen molar-refractivity contribution in [3.63, 3.8) is 0 Å². The van der Waals surface area contributed by atoms with E-state index in [1.54, 1.807) is 0 Å². The first-order valence-electron chi connectivity index (χ1n) is 6.02. The van der Waals surface area contributed by atoms with Gasteiger partial charge in [-0.2, -0.15) is 0 Å². The molecule has 0 bridgehead atoms. The van der Waals surface area contributed by atoms with E-state index in [9.17, 15) is 15.2 Å². The van der Waals surface area contributed by atoms with E-state index in [-0.39, 0.29) is 29.5 Å². The molecule has 1 aliphatic carbocycles. The molecular formula is C10H16N6O3.